The Morgan fingerprint density at radius 3 is 2.83 bits per heavy atom. The van der Waals surface area contributed by atoms with Gasteiger partial charge in [-0.05, 0) is 32.3 Å². The van der Waals surface area contributed by atoms with Crippen molar-refractivity contribution in [3.8, 4) is 22.6 Å². The SMILES string of the molecule is Cc1nc(N2CCCCC2CO)c2nc(-c3ccccc3)cc-2[nH]1. The van der Waals surface area contributed by atoms with Gasteiger partial charge < -0.3 is 15.0 Å². The number of aliphatic hydroxyl groups excluding tert-OH is 1. The first-order valence-corrected chi connectivity index (χ1v) is 8.56. The maximum Gasteiger partial charge on any atom is 0.159 e. The quantitative estimate of drug-likeness (QED) is 0.777. The standard InChI is InChI=1S/C19H22N4O/c1-13-20-17-11-16(14-7-3-2-4-8-14)22-18(17)19(21-13)23-10-6-5-9-15(23)12-24/h2-4,7-8,11,15,24H,5-6,9-10,12H2,1H3,(H,20,21). The number of aryl methyl sites for hydroxylation is 1. The summed E-state index contributed by atoms with van der Waals surface area (Å²) < 4.78 is 0. The molecular formula is C19H22N4O. The van der Waals surface area contributed by atoms with Gasteiger partial charge in [0.05, 0.1) is 24.0 Å². The molecule has 1 atom stereocenters. The summed E-state index contributed by atoms with van der Waals surface area (Å²) >= 11 is 0. The molecule has 5 nitrogen and oxygen atoms in total. The maximum atomic E-state index is 9.75. The van der Waals surface area contributed by atoms with Crippen molar-refractivity contribution < 1.29 is 5.11 Å². The molecule has 1 aromatic rings. The van der Waals surface area contributed by atoms with Crippen molar-refractivity contribution in [1.29, 1.82) is 0 Å². The third-order valence-corrected chi connectivity index (χ3v) is 4.75. The first-order valence-electron chi connectivity index (χ1n) is 8.56. The summed E-state index contributed by atoms with van der Waals surface area (Å²) in [6, 6.07) is 12.4. The molecule has 0 amide bonds. The van der Waals surface area contributed by atoms with Gasteiger partial charge in [0.2, 0.25) is 0 Å². The Hall–Kier alpha value is -2.40. The van der Waals surface area contributed by atoms with Crippen LogP contribution in [0.5, 0.6) is 0 Å². The van der Waals surface area contributed by atoms with Crippen LogP contribution in [0.3, 0.4) is 0 Å². The van der Waals surface area contributed by atoms with E-state index in [0.717, 1.165) is 60.1 Å². The highest BCUT2D eigenvalue weighted by Gasteiger charge is 2.28. The second-order valence-corrected chi connectivity index (χ2v) is 6.44. The van der Waals surface area contributed by atoms with Gasteiger partial charge in [0, 0.05) is 12.1 Å². The van der Waals surface area contributed by atoms with E-state index in [4.69, 9.17) is 9.97 Å². The van der Waals surface area contributed by atoms with E-state index in [1.165, 1.54) is 0 Å². The fourth-order valence-electron chi connectivity index (χ4n) is 3.54. The number of benzene rings is 1. The molecule has 0 spiro atoms. The molecule has 1 unspecified atom stereocenters. The zero-order valence-corrected chi connectivity index (χ0v) is 13.9. The van der Waals surface area contributed by atoms with Crippen LogP contribution in [0.15, 0.2) is 36.4 Å². The first-order chi connectivity index (χ1) is 11.8. The molecule has 1 fully saturated rings. The fraction of sp³-hybridized carbons (Fsp3) is 0.368. The van der Waals surface area contributed by atoms with Crippen molar-refractivity contribution in [3.63, 3.8) is 0 Å². The maximum absolute atomic E-state index is 9.75. The average molecular weight is 322 g/mol. The molecule has 0 radical (unpaired) electrons. The Morgan fingerprint density at radius 1 is 1.21 bits per heavy atom. The van der Waals surface area contributed by atoms with Gasteiger partial charge in [0.15, 0.2) is 5.82 Å². The van der Waals surface area contributed by atoms with Crippen molar-refractivity contribution in [3.05, 3.63) is 42.2 Å². The predicted octanol–water partition coefficient (Wildman–Crippen LogP) is 3.24. The number of nitrogens with one attached hydrogen (secondary N) is 1. The zero-order valence-electron chi connectivity index (χ0n) is 13.9. The number of rotatable bonds is 3. The number of piperidine rings is 1. The van der Waals surface area contributed by atoms with E-state index in [0.29, 0.717) is 0 Å². The van der Waals surface area contributed by atoms with Gasteiger partial charge >= 0.3 is 0 Å². The predicted molar refractivity (Wildman–Crippen MR) is 95.2 cm³/mol. The minimum Gasteiger partial charge on any atom is -0.394 e. The minimum atomic E-state index is 0.133. The van der Waals surface area contributed by atoms with Gasteiger partial charge in [-0.2, -0.15) is 0 Å². The Balaban J connectivity index is 1.82. The molecule has 3 aliphatic heterocycles. The molecule has 0 saturated carbocycles. The van der Waals surface area contributed by atoms with Gasteiger partial charge in [-0.3, -0.25) is 0 Å². The van der Waals surface area contributed by atoms with E-state index in [9.17, 15) is 5.11 Å². The van der Waals surface area contributed by atoms with Crippen LogP contribution >= 0.6 is 0 Å². The molecule has 2 N–H and O–H groups in total. The largest absolute Gasteiger partial charge is 0.394 e. The van der Waals surface area contributed by atoms with E-state index in [1.807, 2.05) is 25.1 Å². The average Bonchev–Trinajstić information content (AvgIpc) is 3.05. The molecule has 3 aliphatic rings. The van der Waals surface area contributed by atoms with Gasteiger partial charge in [-0.25, -0.2) is 9.97 Å². The van der Waals surface area contributed by atoms with Crippen LogP contribution in [0.25, 0.3) is 22.6 Å². The Labute approximate surface area is 141 Å². The number of fused-ring (bicyclic) bond motifs is 1. The Bertz CT molecular complexity index is 799. The van der Waals surface area contributed by atoms with E-state index in [1.54, 1.807) is 0 Å². The normalized spacial score (nSPS) is 18.2. The molecule has 0 aliphatic carbocycles. The van der Waals surface area contributed by atoms with Crippen LogP contribution in [0.4, 0.5) is 5.82 Å². The zero-order chi connectivity index (χ0) is 16.5. The second kappa shape index (κ2) is 6.24. The monoisotopic (exact) mass is 322 g/mol. The summed E-state index contributed by atoms with van der Waals surface area (Å²) in [4.78, 5) is 15.1. The lowest BCUT2D eigenvalue weighted by molar-refractivity contribution is 0.239. The highest BCUT2D eigenvalue weighted by atomic mass is 16.3. The fourth-order valence-corrected chi connectivity index (χ4v) is 3.54. The number of aromatic amines is 1. The second-order valence-electron chi connectivity index (χ2n) is 6.44. The van der Waals surface area contributed by atoms with Gasteiger partial charge in [-0.15, -0.1) is 0 Å². The van der Waals surface area contributed by atoms with Crippen LogP contribution in [-0.4, -0.2) is 39.3 Å². The molecule has 5 heteroatoms. The minimum absolute atomic E-state index is 0.133. The third-order valence-electron chi connectivity index (χ3n) is 4.75. The number of hydrogen-bond acceptors (Lipinski definition) is 4. The Morgan fingerprint density at radius 2 is 2.04 bits per heavy atom. The number of nitrogens with zero attached hydrogens (tertiary/aromatic N) is 3. The number of aliphatic hydroxyl groups is 1. The van der Waals surface area contributed by atoms with E-state index >= 15 is 0 Å². The molecule has 1 saturated heterocycles. The number of anilines is 1. The molecule has 4 rings (SSSR count). The molecular weight excluding hydrogens is 300 g/mol. The molecule has 0 bridgehead atoms. The summed E-state index contributed by atoms with van der Waals surface area (Å²) in [6.45, 7) is 3.05. The smallest absolute Gasteiger partial charge is 0.159 e. The molecule has 1 aromatic carbocycles. The highest BCUT2D eigenvalue weighted by molar-refractivity contribution is 5.78. The third kappa shape index (κ3) is 2.65. The van der Waals surface area contributed by atoms with Crippen LogP contribution < -0.4 is 4.90 Å². The Kier molecular flexibility index (Phi) is 3.94. The van der Waals surface area contributed by atoms with Crippen molar-refractivity contribution in [1.82, 2.24) is 15.0 Å². The van der Waals surface area contributed by atoms with Crippen LogP contribution in [0.2, 0.25) is 0 Å². The van der Waals surface area contributed by atoms with E-state index in [2.05, 4.69) is 28.1 Å². The van der Waals surface area contributed by atoms with Crippen LogP contribution in [-0.2, 0) is 0 Å². The number of aromatic nitrogens is 3. The lowest BCUT2D eigenvalue weighted by Gasteiger charge is -2.36. The molecule has 0 aromatic heterocycles. The topological polar surface area (TPSA) is 65.0 Å². The van der Waals surface area contributed by atoms with Crippen molar-refractivity contribution in [2.75, 3.05) is 18.1 Å². The summed E-state index contributed by atoms with van der Waals surface area (Å²) in [5.41, 5.74) is 3.94. The highest BCUT2D eigenvalue weighted by Crippen LogP contribution is 2.35. The lowest BCUT2D eigenvalue weighted by atomic mass is 10.0. The number of hydrogen-bond donors (Lipinski definition) is 2. The van der Waals surface area contributed by atoms with Crippen molar-refractivity contribution in [2.24, 2.45) is 0 Å². The first kappa shape index (κ1) is 15.1. The molecule has 24 heavy (non-hydrogen) atoms. The van der Waals surface area contributed by atoms with E-state index in [-0.39, 0.29) is 12.6 Å². The van der Waals surface area contributed by atoms with Gasteiger partial charge in [-0.1, -0.05) is 30.3 Å². The molecule has 3 heterocycles. The van der Waals surface area contributed by atoms with E-state index < -0.39 is 0 Å². The summed E-state index contributed by atoms with van der Waals surface area (Å²) in [6.07, 6.45) is 3.29. The summed E-state index contributed by atoms with van der Waals surface area (Å²) in [7, 11) is 0. The van der Waals surface area contributed by atoms with Crippen molar-refractivity contribution in [2.45, 2.75) is 32.2 Å². The van der Waals surface area contributed by atoms with Crippen molar-refractivity contribution >= 4 is 5.82 Å². The summed E-state index contributed by atoms with van der Waals surface area (Å²) in [5.74, 6) is 1.76. The summed E-state index contributed by atoms with van der Waals surface area (Å²) in [5, 5.41) is 9.75. The van der Waals surface area contributed by atoms with Gasteiger partial charge in [0.1, 0.15) is 11.5 Å². The molecule has 124 valence electrons. The van der Waals surface area contributed by atoms with Crippen LogP contribution in [0.1, 0.15) is 25.1 Å². The van der Waals surface area contributed by atoms with Gasteiger partial charge in [0.25, 0.3) is 0 Å². The number of H-pyrrole nitrogens is 1. The van der Waals surface area contributed by atoms with Crippen LogP contribution in [0, 0.1) is 6.92 Å². The lowest BCUT2D eigenvalue weighted by Crippen LogP contribution is -2.42.